The predicted molar refractivity (Wildman–Crippen MR) is 84.6 cm³/mol. The first kappa shape index (κ1) is 14.2. The van der Waals surface area contributed by atoms with E-state index in [1.54, 1.807) is 0 Å². The first-order chi connectivity index (χ1) is 10.2. The fraction of sp³-hybridized carbons (Fsp3) is 0.600. The minimum Gasteiger partial charge on any atom is -0.396 e. The van der Waals surface area contributed by atoms with Crippen LogP contribution in [0.25, 0.3) is 0 Å². The van der Waals surface area contributed by atoms with Crippen molar-refractivity contribution in [3.63, 3.8) is 0 Å². The fourth-order valence-electron chi connectivity index (χ4n) is 2.68. The van der Waals surface area contributed by atoms with Gasteiger partial charge in [-0.05, 0) is 25.7 Å². The van der Waals surface area contributed by atoms with Crippen LogP contribution in [0.4, 0.5) is 10.7 Å². The van der Waals surface area contributed by atoms with Gasteiger partial charge in [0, 0.05) is 19.1 Å². The van der Waals surface area contributed by atoms with Crippen LogP contribution in [0.2, 0.25) is 0 Å². The maximum Gasteiger partial charge on any atom is 0.263 e. The zero-order valence-corrected chi connectivity index (χ0v) is 12.8. The molecule has 0 aromatic carbocycles. The molecule has 21 heavy (non-hydrogen) atoms. The zero-order valence-electron chi connectivity index (χ0n) is 12.0. The van der Waals surface area contributed by atoms with Crippen molar-refractivity contribution >= 4 is 27.9 Å². The van der Waals surface area contributed by atoms with E-state index in [9.17, 15) is 10.1 Å². The summed E-state index contributed by atoms with van der Waals surface area (Å²) in [5.41, 5.74) is 6.88. The van der Waals surface area contributed by atoms with Crippen molar-refractivity contribution in [1.29, 1.82) is 5.26 Å². The number of hydrogen-bond acceptors (Lipinski definition) is 5. The lowest BCUT2D eigenvalue weighted by molar-refractivity contribution is 0.0956. The number of nitriles is 1. The van der Waals surface area contributed by atoms with Crippen molar-refractivity contribution in [1.82, 2.24) is 5.32 Å². The van der Waals surface area contributed by atoms with Gasteiger partial charge in [-0.15, -0.1) is 11.3 Å². The predicted octanol–water partition coefficient (Wildman–Crippen LogP) is 2.47. The van der Waals surface area contributed by atoms with Crippen LogP contribution in [0.3, 0.4) is 0 Å². The minimum absolute atomic E-state index is 0.127. The lowest BCUT2D eigenvalue weighted by Crippen LogP contribution is -2.25. The molecule has 0 bridgehead atoms. The van der Waals surface area contributed by atoms with Crippen molar-refractivity contribution in [3.05, 3.63) is 10.4 Å². The van der Waals surface area contributed by atoms with Crippen LogP contribution in [-0.4, -0.2) is 25.0 Å². The molecule has 1 aliphatic carbocycles. The lowest BCUT2D eigenvalue weighted by atomic mass is 10.2. The molecule has 2 aliphatic rings. The van der Waals surface area contributed by atoms with Crippen molar-refractivity contribution in [2.24, 2.45) is 0 Å². The second-order valence-corrected chi connectivity index (χ2v) is 6.78. The Bertz CT molecular complexity index is 577. The second kappa shape index (κ2) is 5.94. The molecule has 0 atom stereocenters. The van der Waals surface area contributed by atoms with Crippen molar-refractivity contribution < 1.29 is 4.79 Å². The van der Waals surface area contributed by atoms with E-state index < -0.39 is 0 Å². The van der Waals surface area contributed by atoms with Gasteiger partial charge in [0.1, 0.15) is 21.5 Å². The average Bonchev–Trinajstić information content (AvgIpc) is 3.25. The molecule has 6 heteroatoms. The molecule has 0 unspecified atom stereocenters. The summed E-state index contributed by atoms with van der Waals surface area (Å²) in [5, 5.41) is 13.2. The zero-order chi connectivity index (χ0) is 14.8. The van der Waals surface area contributed by atoms with Gasteiger partial charge in [0.2, 0.25) is 0 Å². The van der Waals surface area contributed by atoms with E-state index >= 15 is 0 Å². The summed E-state index contributed by atoms with van der Waals surface area (Å²) < 4.78 is 0. The second-order valence-electron chi connectivity index (χ2n) is 5.79. The van der Waals surface area contributed by atoms with Crippen LogP contribution in [0, 0.1) is 11.3 Å². The first-order valence-corrected chi connectivity index (χ1v) is 8.40. The largest absolute Gasteiger partial charge is 0.396 e. The Morgan fingerprint density at radius 2 is 1.95 bits per heavy atom. The van der Waals surface area contributed by atoms with E-state index in [1.165, 1.54) is 24.2 Å². The number of nitrogens with zero attached hydrogens (tertiary/aromatic N) is 2. The topological polar surface area (TPSA) is 82.2 Å². The number of nitrogen functional groups attached to an aromatic ring is 1. The Morgan fingerprint density at radius 3 is 2.52 bits per heavy atom. The number of rotatable bonds is 3. The van der Waals surface area contributed by atoms with E-state index in [2.05, 4.69) is 16.3 Å². The highest BCUT2D eigenvalue weighted by Crippen LogP contribution is 2.39. The number of anilines is 2. The molecule has 1 saturated heterocycles. The van der Waals surface area contributed by atoms with Gasteiger partial charge in [-0.1, -0.05) is 12.8 Å². The third-order valence-corrected chi connectivity index (χ3v) is 5.32. The Labute approximate surface area is 128 Å². The number of amides is 1. The molecule has 1 aliphatic heterocycles. The van der Waals surface area contributed by atoms with Crippen molar-refractivity contribution in [2.45, 2.75) is 44.6 Å². The maximum atomic E-state index is 12.2. The van der Waals surface area contributed by atoms with Crippen LogP contribution in [0.1, 0.15) is 53.8 Å². The molecule has 3 N–H and O–H groups in total. The number of nitrogens with two attached hydrogens (primary N) is 1. The average molecular weight is 304 g/mol. The summed E-state index contributed by atoms with van der Waals surface area (Å²) in [5.74, 6) is -0.127. The van der Waals surface area contributed by atoms with Crippen LogP contribution in [0.15, 0.2) is 0 Å². The normalized spacial score (nSPS) is 18.9. The summed E-state index contributed by atoms with van der Waals surface area (Å²) >= 11 is 1.37. The summed E-state index contributed by atoms with van der Waals surface area (Å²) in [6.07, 6.45) is 6.81. The quantitative estimate of drug-likeness (QED) is 0.898. The smallest absolute Gasteiger partial charge is 0.263 e. The van der Waals surface area contributed by atoms with Crippen molar-refractivity contribution in [2.75, 3.05) is 23.7 Å². The SMILES string of the molecule is N#Cc1c(N2CCCCCC2)sc(C(=O)NC2CC2)c1N. The molecule has 1 saturated carbocycles. The number of hydrogen-bond donors (Lipinski definition) is 2. The summed E-state index contributed by atoms with van der Waals surface area (Å²) in [6, 6.07) is 2.49. The molecule has 5 nitrogen and oxygen atoms in total. The molecule has 1 aromatic rings. The molecule has 3 rings (SSSR count). The number of carbonyl (C=O) groups is 1. The van der Waals surface area contributed by atoms with Gasteiger partial charge in [0.15, 0.2) is 0 Å². The molecule has 1 amide bonds. The molecule has 2 fully saturated rings. The van der Waals surface area contributed by atoms with Gasteiger partial charge in [-0.2, -0.15) is 5.26 Å². The molecular formula is C15H20N4OS. The van der Waals surface area contributed by atoms with Crippen LogP contribution in [-0.2, 0) is 0 Å². The van der Waals surface area contributed by atoms with Crippen molar-refractivity contribution in [3.8, 4) is 6.07 Å². The minimum atomic E-state index is -0.127. The fourth-order valence-corrected chi connectivity index (χ4v) is 3.81. The van der Waals surface area contributed by atoms with Gasteiger partial charge in [-0.25, -0.2) is 0 Å². The van der Waals surface area contributed by atoms with Crippen LogP contribution in [0.5, 0.6) is 0 Å². The molecule has 112 valence electrons. The number of carbonyl (C=O) groups excluding carboxylic acids is 1. The van der Waals surface area contributed by atoms with Gasteiger partial charge in [0.25, 0.3) is 5.91 Å². The van der Waals surface area contributed by atoms with Crippen LogP contribution < -0.4 is 16.0 Å². The van der Waals surface area contributed by atoms with Crippen LogP contribution >= 0.6 is 11.3 Å². The van der Waals surface area contributed by atoms with Gasteiger partial charge in [-0.3, -0.25) is 4.79 Å². The monoisotopic (exact) mass is 304 g/mol. The molecule has 0 spiro atoms. The number of nitrogens with one attached hydrogen (secondary N) is 1. The first-order valence-electron chi connectivity index (χ1n) is 7.59. The summed E-state index contributed by atoms with van der Waals surface area (Å²) in [7, 11) is 0. The maximum absolute atomic E-state index is 12.2. The van der Waals surface area contributed by atoms with E-state index in [-0.39, 0.29) is 5.91 Å². The Hall–Kier alpha value is -1.74. The van der Waals surface area contributed by atoms with E-state index in [0.29, 0.717) is 22.2 Å². The Kier molecular flexibility index (Phi) is 4.02. The highest BCUT2D eigenvalue weighted by atomic mass is 32.1. The highest BCUT2D eigenvalue weighted by molar-refractivity contribution is 7.19. The third kappa shape index (κ3) is 2.98. The van der Waals surface area contributed by atoms with Gasteiger partial charge in [0.05, 0.1) is 5.69 Å². The molecule has 1 aromatic heterocycles. The third-order valence-electron chi connectivity index (χ3n) is 4.05. The Balaban J connectivity index is 1.88. The van der Waals surface area contributed by atoms with E-state index in [1.807, 2.05) is 0 Å². The highest BCUT2D eigenvalue weighted by Gasteiger charge is 2.29. The van der Waals surface area contributed by atoms with E-state index in [4.69, 9.17) is 5.73 Å². The summed E-state index contributed by atoms with van der Waals surface area (Å²) in [4.78, 5) is 15.0. The number of thiophene rings is 1. The molecule has 0 radical (unpaired) electrons. The van der Waals surface area contributed by atoms with E-state index in [0.717, 1.165) is 43.8 Å². The van der Waals surface area contributed by atoms with Gasteiger partial charge >= 0.3 is 0 Å². The molecule has 2 heterocycles. The summed E-state index contributed by atoms with van der Waals surface area (Å²) in [6.45, 7) is 1.89. The Morgan fingerprint density at radius 1 is 1.29 bits per heavy atom. The lowest BCUT2D eigenvalue weighted by Gasteiger charge is -2.20. The molecular weight excluding hydrogens is 284 g/mol. The van der Waals surface area contributed by atoms with Gasteiger partial charge < -0.3 is 16.0 Å². The standard InChI is InChI=1S/C15H20N4OS/c16-9-11-12(17)13(14(20)18-10-5-6-10)21-15(11)19-7-3-1-2-4-8-19/h10H,1-8,17H2,(H,18,20).